The molecular formula is C14H29N3O. The summed E-state index contributed by atoms with van der Waals surface area (Å²) in [5.74, 6) is 0.401. The van der Waals surface area contributed by atoms with Gasteiger partial charge in [-0.05, 0) is 19.3 Å². The van der Waals surface area contributed by atoms with Crippen LogP contribution in [0.1, 0.15) is 40.5 Å². The van der Waals surface area contributed by atoms with Gasteiger partial charge in [0.1, 0.15) is 0 Å². The van der Waals surface area contributed by atoms with Crippen molar-refractivity contribution in [2.24, 2.45) is 11.7 Å². The van der Waals surface area contributed by atoms with Gasteiger partial charge in [-0.3, -0.25) is 9.69 Å². The van der Waals surface area contributed by atoms with Crippen LogP contribution in [0.15, 0.2) is 0 Å². The number of rotatable bonds is 5. The molecule has 0 aliphatic carbocycles. The quantitative estimate of drug-likeness (QED) is 0.805. The van der Waals surface area contributed by atoms with Crippen LogP contribution in [0.3, 0.4) is 0 Å². The van der Waals surface area contributed by atoms with Gasteiger partial charge < -0.3 is 10.6 Å². The van der Waals surface area contributed by atoms with Gasteiger partial charge in [0.15, 0.2) is 0 Å². The molecule has 0 spiro atoms. The van der Waals surface area contributed by atoms with Crippen LogP contribution in [0.2, 0.25) is 0 Å². The van der Waals surface area contributed by atoms with Crippen LogP contribution in [-0.2, 0) is 4.79 Å². The smallest absolute Gasteiger partial charge is 0.239 e. The molecule has 3 atom stereocenters. The summed E-state index contributed by atoms with van der Waals surface area (Å²) in [5, 5.41) is 0. The number of carbonyl (C=O) groups excluding carboxylic acids is 1. The largest absolute Gasteiger partial charge is 0.339 e. The summed E-state index contributed by atoms with van der Waals surface area (Å²) in [6, 6.07) is 0.288. The molecule has 4 heteroatoms. The van der Waals surface area contributed by atoms with E-state index in [4.69, 9.17) is 5.73 Å². The molecule has 1 unspecified atom stereocenters. The van der Waals surface area contributed by atoms with Gasteiger partial charge in [0.05, 0.1) is 6.04 Å². The van der Waals surface area contributed by atoms with E-state index in [2.05, 4.69) is 32.6 Å². The summed E-state index contributed by atoms with van der Waals surface area (Å²) >= 11 is 0. The summed E-state index contributed by atoms with van der Waals surface area (Å²) in [7, 11) is 0. The molecule has 1 heterocycles. The third-order valence-corrected chi connectivity index (χ3v) is 4.38. The molecule has 0 saturated carbocycles. The average molecular weight is 255 g/mol. The van der Waals surface area contributed by atoms with Gasteiger partial charge in [-0.15, -0.1) is 0 Å². The fraction of sp³-hybridized carbons (Fsp3) is 0.929. The Morgan fingerprint density at radius 2 is 1.67 bits per heavy atom. The standard InChI is InChI=1S/C14H29N3O/c1-5-11(3)13(15)14(18)17-9-7-16(8-10-17)12(4)6-2/h11-13H,5-10,15H2,1-4H3/t11-,12?,13-/m0/s1. The molecule has 106 valence electrons. The predicted molar refractivity (Wildman–Crippen MR) is 75.3 cm³/mol. The van der Waals surface area contributed by atoms with E-state index >= 15 is 0 Å². The minimum absolute atomic E-state index is 0.133. The monoisotopic (exact) mass is 255 g/mol. The van der Waals surface area contributed by atoms with Crippen molar-refractivity contribution in [3.63, 3.8) is 0 Å². The molecule has 4 nitrogen and oxygen atoms in total. The first-order valence-corrected chi connectivity index (χ1v) is 7.29. The zero-order valence-corrected chi connectivity index (χ0v) is 12.4. The van der Waals surface area contributed by atoms with Crippen molar-refractivity contribution >= 4 is 5.91 Å². The molecule has 1 rings (SSSR count). The number of carbonyl (C=O) groups is 1. The molecule has 1 aliphatic heterocycles. The third-order valence-electron chi connectivity index (χ3n) is 4.38. The van der Waals surface area contributed by atoms with Gasteiger partial charge in [0, 0.05) is 32.2 Å². The number of amides is 1. The molecule has 0 radical (unpaired) electrons. The lowest BCUT2D eigenvalue weighted by atomic mass is 9.98. The van der Waals surface area contributed by atoms with Crippen molar-refractivity contribution in [3.05, 3.63) is 0 Å². The van der Waals surface area contributed by atoms with E-state index in [0.29, 0.717) is 6.04 Å². The highest BCUT2D eigenvalue weighted by molar-refractivity contribution is 5.82. The minimum Gasteiger partial charge on any atom is -0.339 e. The number of nitrogens with two attached hydrogens (primary N) is 1. The highest BCUT2D eigenvalue weighted by Gasteiger charge is 2.28. The molecule has 0 aromatic heterocycles. The van der Waals surface area contributed by atoms with Crippen molar-refractivity contribution < 1.29 is 4.79 Å². The van der Waals surface area contributed by atoms with Gasteiger partial charge in [-0.2, -0.15) is 0 Å². The Morgan fingerprint density at radius 3 is 2.11 bits per heavy atom. The lowest BCUT2D eigenvalue weighted by Gasteiger charge is -2.39. The molecule has 1 fully saturated rings. The summed E-state index contributed by atoms with van der Waals surface area (Å²) in [5.41, 5.74) is 6.02. The molecule has 1 amide bonds. The van der Waals surface area contributed by atoms with E-state index < -0.39 is 0 Å². The summed E-state index contributed by atoms with van der Waals surface area (Å²) in [6.07, 6.45) is 2.13. The molecule has 1 saturated heterocycles. The average Bonchev–Trinajstić information content (AvgIpc) is 2.44. The molecule has 0 bridgehead atoms. The fourth-order valence-electron chi connectivity index (χ4n) is 2.35. The predicted octanol–water partition coefficient (Wildman–Crippen LogP) is 1.30. The van der Waals surface area contributed by atoms with E-state index in [1.807, 2.05) is 4.90 Å². The number of nitrogens with zero attached hydrogens (tertiary/aromatic N) is 2. The van der Waals surface area contributed by atoms with Gasteiger partial charge in [0.2, 0.25) is 5.91 Å². The lowest BCUT2D eigenvalue weighted by molar-refractivity contribution is -0.135. The topological polar surface area (TPSA) is 49.6 Å². The number of hydrogen-bond donors (Lipinski definition) is 1. The first-order chi connectivity index (χ1) is 8.51. The van der Waals surface area contributed by atoms with E-state index in [1.165, 1.54) is 6.42 Å². The van der Waals surface area contributed by atoms with E-state index in [9.17, 15) is 4.79 Å². The van der Waals surface area contributed by atoms with Crippen molar-refractivity contribution in [3.8, 4) is 0 Å². The Morgan fingerprint density at radius 1 is 1.11 bits per heavy atom. The third kappa shape index (κ3) is 3.69. The fourth-order valence-corrected chi connectivity index (χ4v) is 2.35. The van der Waals surface area contributed by atoms with Crippen LogP contribution < -0.4 is 5.73 Å². The zero-order chi connectivity index (χ0) is 13.7. The van der Waals surface area contributed by atoms with Crippen molar-refractivity contribution in [1.29, 1.82) is 0 Å². The second-order valence-corrected chi connectivity index (χ2v) is 5.53. The van der Waals surface area contributed by atoms with Crippen LogP contribution in [0, 0.1) is 5.92 Å². The van der Waals surface area contributed by atoms with Crippen LogP contribution in [0.5, 0.6) is 0 Å². The summed E-state index contributed by atoms with van der Waals surface area (Å²) < 4.78 is 0. The lowest BCUT2D eigenvalue weighted by Crippen LogP contribution is -2.55. The van der Waals surface area contributed by atoms with Gasteiger partial charge >= 0.3 is 0 Å². The number of piperazine rings is 1. The summed E-state index contributed by atoms with van der Waals surface area (Å²) in [6.45, 7) is 12.2. The molecule has 0 aromatic rings. The molecule has 0 aromatic carbocycles. The first kappa shape index (κ1) is 15.4. The Hall–Kier alpha value is -0.610. The van der Waals surface area contributed by atoms with Gasteiger partial charge in [-0.1, -0.05) is 27.2 Å². The Bertz CT molecular complexity index is 262. The zero-order valence-electron chi connectivity index (χ0n) is 12.4. The first-order valence-electron chi connectivity index (χ1n) is 7.29. The maximum Gasteiger partial charge on any atom is 0.239 e. The van der Waals surface area contributed by atoms with E-state index in [-0.39, 0.29) is 17.9 Å². The number of hydrogen-bond acceptors (Lipinski definition) is 3. The van der Waals surface area contributed by atoms with Crippen LogP contribution in [0.4, 0.5) is 0 Å². The molecule has 18 heavy (non-hydrogen) atoms. The summed E-state index contributed by atoms with van der Waals surface area (Å²) in [4.78, 5) is 16.6. The normalized spacial score (nSPS) is 22.6. The second-order valence-electron chi connectivity index (χ2n) is 5.53. The van der Waals surface area contributed by atoms with Crippen LogP contribution >= 0.6 is 0 Å². The Balaban J connectivity index is 2.45. The molecular weight excluding hydrogens is 226 g/mol. The van der Waals surface area contributed by atoms with Crippen LogP contribution in [-0.4, -0.2) is 54.0 Å². The Labute approximate surface area is 111 Å². The molecule has 1 aliphatic rings. The van der Waals surface area contributed by atoms with E-state index in [0.717, 1.165) is 32.6 Å². The maximum absolute atomic E-state index is 12.2. The van der Waals surface area contributed by atoms with Crippen molar-refractivity contribution in [2.75, 3.05) is 26.2 Å². The van der Waals surface area contributed by atoms with Gasteiger partial charge in [0.25, 0.3) is 0 Å². The van der Waals surface area contributed by atoms with Crippen molar-refractivity contribution in [1.82, 2.24) is 9.80 Å². The Kier molecular flexibility index (Phi) is 6.09. The highest BCUT2D eigenvalue weighted by Crippen LogP contribution is 2.13. The SMILES string of the molecule is CCC(C)N1CCN(C(=O)[C@@H](N)[C@@H](C)CC)CC1. The van der Waals surface area contributed by atoms with Crippen LogP contribution in [0.25, 0.3) is 0 Å². The van der Waals surface area contributed by atoms with E-state index in [1.54, 1.807) is 0 Å². The molecule has 2 N–H and O–H groups in total. The second kappa shape index (κ2) is 7.10. The minimum atomic E-state index is -0.329. The maximum atomic E-state index is 12.2. The van der Waals surface area contributed by atoms with Crippen molar-refractivity contribution in [2.45, 2.75) is 52.6 Å². The van der Waals surface area contributed by atoms with Gasteiger partial charge in [-0.25, -0.2) is 0 Å². The highest BCUT2D eigenvalue weighted by atomic mass is 16.2.